The highest BCUT2D eigenvalue weighted by Crippen LogP contribution is 2.34. The van der Waals surface area contributed by atoms with Gasteiger partial charge in [-0.15, -0.1) is 0 Å². The van der Waals surface area contributed by atoms with Gasteiger partial charge in [0.1, 0.15) is 5.41 Å². The predicted molar refractivity (Wildman–Crippen MR) is 86.5 cm³/mol. The molecule has 0 saturated carbocycles. The van der Waals surface area contributed by atoms with Crippen molar-refractivity contribution in [2.45, 2.75) is 26.7 Å². The maximum atomic E-state index is 12.5. The number of rotatable bonds is 5. The molecule has 0 bridgehead atoms. The Morgan fingerprint density at radius 2 is 1.76 bits per heavy atom. The average molecular weight is 353 g/mol. The van der Waals surface area contributed by atoms with Gasteiger partial charge >= 0.3 is 0 Å². The lowest BCUT2D eigenvalue weighted by Crippen LogP contribution is -2.46. The third-order valence-corrected chi connectivity index (χ3v) is 4.53. The molecule has 0 saturated heterocycles. The molecule has 5 nitrogen and oxygen atoms in total. The Morgan fingerprint density at radius 1 is 1.24 bits per heavy atom. The van der Waals surface area contributed by atoms with Crippen molar-refractivity contribution in [3.8, 4) is 0 Å². The molecule has 0 aromatic heterocycles. The highest BCUT2D eigenvalue weighted by molar-refractivity contribution is 6.44. The van der Waals surface area contributed by atoms with Crippen LogP contribution in [0.15, 0.2) is 17.3 Å². The summed E-state index contributed by atoms with van der Waals surface area (Å²) in [6, 6.07) is 2.89. The van der Waals surface area contributed by atoms with Crippen LogP contribution in [-0.4, -0.2) is 17.0 Å². The van der Waals surface area contributed by atoms with Gasteiger partial charge in [-0.25, -0.2) is 0 Å². The van der Waals surface area contributed by atoms with Gasteiger partial charge < -0.3 is 16.3 Å². The number of oxime groups is 1. The minimum atomic E-state index is -1.12. The van der Waals surface area contributed by atoms with Crippen molar-refractivity contribution >= 4 is 52.2 Å². The van der Waals surface area contributed by atoms with Crippen molar-refractivity contribution in [3.05, 3.63) is 27.2 Å². The molecule has 0 heterocycles. The van der Waals surface area contributed by atoms with E-state index in [9.17, 15) is 4.79 Å². The average Bonchev–Trinajstić information content (AvgIpc) is 2.46. The van der Waals surface area contributed by atoms with Crippen LogP contribution >= 0.6 is 34.8 Å². The molecule has 0 aliphatic carbocycles. The Bertz CT molecular complexity index is 572. The van der Waals surface area contributed by atoms with Gasteiger partial charge in [0.05, 0.1) is 20.8 Å². The number of halogens is 3. The Labute approximate surface area is 138 Å². The van der Waals surface area contributed by atoms with Gasteiger partial charge in [-0.2, -0.15) is 0 Å². The highest BCUT2D eigenvalue weighted by Gasteiger charge is 2.40. The van der Waals surface area contributed by atoms with E-state index >= 15 is 0 Å². The largest absolute Gasteiger partial charge is 0.409 e. The van der Waals surface area contributed by atoms with Crippen molar-refractivity contribution in [3.63, 3.8) is 0 Å². The summed E-state index contributed by atoms with van der Waals surface area (Å²) in [7, 11) is 0. The number of carbonyl (C=O) groups is 1. The van der Waals surface area contributed by atoms with Gasteiger partial charge in [-0.1, -0.05) is 53.8 Å². The van der Waals surface area contributed by atoms with E-state index in [0.717, 1.165) is 0 Å². The zero-order valence-electron chi connectivity index (χ0n) is 11.6. The molecule has 0 unspecified atom stereocenters. The van der Waals surface area contributed by atoms with E-state index in [1.54, 1.807) is 13.8 Å². The molecular formula is C13H16Cl3N3O2. The highest BCUT2D eigenvalue weighted by atomic mass is 35.5. The number of nitrogens with one attached hydrogen (secondary N) is 1. The monoisotopic (exact) mass is 351 g/mol. The Hall–Kier alpha value is -1.17. The number of hydrogen-bond acceptors (Lipinski definition) is 3. The second-order valence-corrected chi connectivity index (χ2v) is 5.70. The lowest BCUT2D eigenvalue weighted by molar-refractivity contribution is -0.122. The Kier molecular flexibility index (Phi) is 6.13. The number of anilines is 1. The van der Waals surface area contributed by atoms with Crippen molar-refractivity contribution in [1.82, 2.24) is 0 Å². The molecular weight excluding hydrogens is 337 g/mol. The van der Waals surface area contributed by atoms with Crippen molar-refractivity contribution in [2.75, 3.05) is 5.32 Å². The van der Waals surface area contributed by atoms with Crippen molar-refractivity contribution in [1.29, 1.82) is 0 Å². The molecule has 1 rings (SSSR count). The van der Waals surface area contributed by atoms with E-state index in [0.29, 0.717) is 18.5 Å². The quantitative estimate of drug-likeness (QED) is 0.245. The standard InChI is InChI=1S/C13H16Cl3N3O2/c1-3-13(4-2,11(17)19-21)12(20)18-10-6-8(15)7(14)5-9(10)16/h5-6,21H,3-4H2,1-2H3,(H2,17,19)(H,18,20). The molecule has 4 N–H and O–H groups in total. The summed E-state index contributed by atoms with van der Waals surface area (Å²) in [6.07, 6.45) is 0.730. The van der Waals surface area contributed by atoms with Crippen LogP contribution in [0.4, 0.5) is 5.69 Å². The number of nitrogens with zero attached hydrogens (tertiary/aromatic N) is 1. The van der Waals surface area contributed by atoms with Crippen LogP contribution in [0.3, 0.4) is 0 Å². The Morgan fingerprint density at radius 3 is 2.24 bits per heavy atom. The van der Waals surface area contributed by atoms with Crippen molar-refractivity contribution in [2.24, 2.45) is 16.3 Å². The van der Waals surface area contributed by atoms with Crippen LogP contribution in [-0.2, 0) is 4.79 Å². The Balaban J connectivity index is 3.17. The predicted octanol–water partition coefficient (Wildman–Crippen LogP) is 4.14. The van der Waals surface area contributed by atoms with E-state index in [1.165, 1.54) is 12.1 Å². The van der Waals surface area contributed by atoms with Crippen LogP contribution < -0.4 is 11.1 Å². The third-order valence-electron chi connectivity index (χ3n) is 3.50. The lowest BCUT2D eigenvalue weighted by Gasteiger charge is -2.28. The van der Waals surface area contributed by atoms with E-state index < -0.39 is 11.3 Å². The van der Waals surface area contributed by atoms with Crippen LogP contribution in [0, 0.1) is 5.41 Å². The second kappa shape index (κ2) is 7.20. The van der Waals surface area contributed by atoms with E-state index in [-0.39, 0.29) is 20.9 Å². The summed E-state index contributed by atoms with van der Waals surface area (Å²) >= 11 is 17.8. The third kappa shape index (κ3) is 3.54. The minimum absolute atomic E-state index is 0.152. The van der Waals surface area contributed by atoms with Gasteiger partial charge in [0.25, 0.3) is 0 Å². The van der Waals surface area contributed by atoms with Crippen LogP contribution in [0.1, 0.15) is 26.7 Å². The summed E-state index contributed by atoms with van der Waals surface area (Å²) in [5.41, 5.74) is 4.87. The molecule has 1 amide bonds. The fourth-order valence-corrected chi connectivity index (χ4v) is 2.60. The first-order chi connectivity index (χ1) is 9.82. The normalized spacial score (nSPS) is 12.3. The SMILES string of the molecule is CCC(CC)(C(=O)Nc1cc(Cl)c(Cl)cc1Cl)C(N)=NO. The summed E-state index contributed by atoms with van der Waals surface area (Å²) < 4.78 is 0. The van der Waals surface area contributed by atoms with E-state index in [2.05, 4.69) is 10.5 Å². The molecule has 1 aromatic rings. The fraction of sp³-hybridized carbons (Fsp3) is 0.385. The number of carbonyl (C=O) groups excluding carboxylic acids is 1. The molecule has 0 spiro atoms. The van der Waals surface area contributed by atoms with Gasteiger partial charge in [0.15, 0.2) is 5.84 Å². The fourth-order valence-electron chi connectivity index (χ4n) is 2.01. The summed E-state index contributed by atoms with van der Waals surface area (Å²) in [5.74, 6) is -0.579. The molecule has 0 aliphatic heterocycles. The first-order valence-electron chi connectivity index (χ1n) is 6.26. The van der Waals surface area contributed by atoms with Crippen LogP contribution in [0.25, 0.3) is 0 Å². The number of amidine groups is 1. The number of benzene rings is 1. The molecule has 0 radical (unpaired) electrons. The zero-order valence-corrected chi connectivity index (χ0v) is 13.9. The molecule has 1 aromatic carbocycles. The summed E-state index contributed by atoms with van der Waals surface area (Å²) in [5, 5.41) is 15.3. The smallest absolute Gasteiger partial charge is 0.238 e. The van der Waals surface area contributed by atoms with Gasteiger partial charge in [0.2, 0.25) is 5.91 Å². The topological polar surface area (TPSA) is 87.7 Å². The van der Waals surface area contributed by atoms with Crippen LogP contribution in [0.2, 0.25) is 15.1 Å². The molecule has 0 aliphatic rings. The number of hydrogen-bond donors (Lipinski definition) is 3. The molecule has 0 atom stereocenters. The van der Waals surface area contributed by atoms with Gasteiger partial charge in [-0.3, -0.25) is 4.79 Å². The molecule has 8 heteroatoms. The minimum Gasteiger partial charge on any atom is -0.409 e. The van der Waals surface area contributed by atoms with E-state index in [1.807, 2.05) is 0 Å². The lowest BCUT2D eigenvalue weighted by atomic mass is 9.80. The first kappa shape index (κ1) is 17.9. The molecule has 116 valence electrons. The van der Waals surface area contributed by atoms with Crippen molar-refractivity contribution < 1.29 is 10.0 Å². The number of nitrogens with two attached hydrogens (primary N) is 1. The van der Waals surface area contributed by atoms with Gasteiger partial charge in [0, 0.05) is 0 Å². The maximum Gasteiger partial charge on any atom is 0.238 e. The molecule has 0 fully saturated rings. The van der Waals surface area contributed by atoms with Crippen LogP contribution in [0.5, 0.6) is 0 Å². The second-order valence-electron chi connectivity index (χ2n) is 4.47. The van der Waals surface area contributed by atoms with E-state index in [4.69, 9.17) is 45.7 Å². The first-order valence-corrected chi connectivity index (χ1v) is 7.39. The van der Waals surface area contributed by atoms with Gasteiger partial charge in [-0.05, 0) is 25.0 Å². The zero-order chi connectivity index (χ0) is 16.2. The summed E-state index contributed by atoms with van der Waals surface area (Å²) in [6.45, 7) is 3.55. The maximum absolute atomic E-state index is 12.5. The number of amides is 1. The summed E-state index contributed by atoms with van der Waals surface area (Å²) in [4.78, 5) is 12.5. The molecule has 21 heavy (non-hydrogen) atoms.